The van der Waals surface area contributed by atoms with Gasteiger partial charge in [0.05, 0.1) is 6.61 Å². The van der Waals surface area contributed by atoms with Gasteiger partial charge in [-0.1, -0.05) is 76.4 Å². The molecule has 0 saturated carbocycles. The van der Waals surface area contributed by atoms with Gasteiger partial charge in [-0.25, -0.2) is 4.79 Å². The van der Waals surface area contributed by atoms with E-state index in [0.717, 1.165) is 12.8 Å². The van der Waals surface area contributed by atoms with E-state index in [0.29, 0.717) is 19.4 Å². The zero-order valence-electron chi connectivity index (χ0n) is 16.8. The van der Waals surface area contributed by atoms with Crippen LogP contribution < -0.4 is 5.32 Å². The van der Waals surface area contributed by atoms with Crippen molar-refractivity contribution < 1.29 is 14.3 Å². The summed E-state index contributed by atoms with van der Waals surface area (Å²) in [6.07, 6.45) is 22.2. The van der Waals surface area contributed by atoms with Gasteiger partial charge in [-0.2, -0.15) is 0 Å². The van der Waals surface area contributed by atoms with Crippen LogP contribution in [0.3, 0.4) is 0 Å². The summed E-state index contributed by atoms with van der Waals surface area (Å²) in [6.45, 7) is 2.58. The largest absolute Gasteiger partial charge is 0.464 e. The fraction of sp³-hybridized carbons (Fsp3) is 0.818. The van der Waals surface area contributed by atoms with Crippen molar-refractivity contribution in [1.29, 1.82) is 0 Å². The Morgan fingerprint density at radius 1 is 0.962 bits per heavy atom. The molecule has 0 spiro atoms. The quantitative estimate of drug-likeness (QED) is 0.225. The second-order valence-electron chi connectivity index (χ2n) is 7.43. The summed E-state index contributed by atoms with van der Waals surface area (Å²) in [7, 11) is 0. The highest BCUT2D eigenvalue weighted by Gasteiger charge is 2.28. The van der Waals surface area contributed by atoms with E-state index < -0.39 is 6.04 Å². The standard InChI is InChI=1S/C22H39NO3/c1-2-3-4-5-6-7-8-9-10-11-12-13-14-15-16-19-26-22(25)20-17-18-21(24)23-20/h2-3,20H,4-19H2,1H3,(H,23,24)/b3-2+/t20-/m0/s1. The summed E-state index contributed by atoms with van der Waals surface area (Å²) in [5, 5.41) is 2.64. The predicted octanol–water partition coefficient (Wildman–Crippen LogP) is 5.46. The van der Waals surface area contributed by atoms with Crippen LogP contribution in [0.15, 0.2) is 12.2 Å². The van der Waals surface area contributed by atoms with Crippen LogP contribution in [0.2, 0.25) is 0 Å². The highest BCUT2D eigenvalue weighted by atomic mass is 16.5. The van der Waals surface area contributed by atoms with Gasteiger partial charge in [-0.3, -0.25) is 4.79 Å². The number of esters is 1. The molecule has 0 bridgehead atoms. The van der Waals surface area contributed by atoms with E-state index in [4.69, 9.17) is 4.74 Å². The Morgan fingerprint density at radius 3 is 2.00 bits per heavy atom. The molecular formula is C22H39NO3. The Kier molecular flexibility index (Phi) is 13.9. The Morgan fingerprint density at radius 2 is 1.50 bits per heavy atom. The second kappa shape index (κ2) is 15.9. The zero-order chi connectivity index (χ0) is 18.9. The molecule has 0 aromatic rings. The minimum Gasteiger partial charge on any atom is -0.464 e. The number of hydrogen-bond acceptors (Lipinski definition) is 3. The summed E-state index contributed by atoms with van der Waals surface area (Å²) in [6, 6.07) is -0.407. The molecule has 0 aromatic carbocycles. The summed E-state index contributed by atoms with van der Waals surface area (Å²) in [5.74, 6) is -0.311. The Balaban J connectivity index is 1.74. The van der Waals surface area contributed by atoms with Crippen molar-refractivity contribution in [3.8, 4) is 0 Å². The van der Waals surface area contributed by atoms with Crippen LogP contribution in [0.25, 0.3) is 0 Å². The first-order valence-corrected chi connectivity index (χ1v) is 10.8. The summed E-state index contributed by atoms with van der Waals surface area (Å²) >= 11 is 0. The lowest BCUT2D eigenvalue weighted by atomic mass is 10.0. The first-order valence-electron chi connectivity index (χ1n) is 10.8. The van der Waals surface area contributed by atoms with Gasteiger partial charge in [0.25, 0.3) is 0 Å². The molecule has 1 N–H and O–H groups in total. The summed E-state index contributed by atoms with van der Waals surface area (Å²) in [5.41, 5.74) is 0. The third kappa shape index (κ3) is 12.1. The predicted molar refractivity (Wildman–Crippen MR) is 107 cm³/mol. The van der Waals surface area contributed by atoms with Crippen LogP contribution in [0, 0.1) is 0 Å². The molecule has 0 unspecified atom stereocenters. The lowest BCUT2D eigenvalue weighted by Crippen LogP contribution is -2.34. The molecular weight excluding hydrogens is 326 g/mol. The molecule has 1 fully saturated rings. The third-order valence-corrected chi connectivity index (χ3v) is 5.02. The Bertz CT molecular complexity index is 406. The first kappa shape index (κ1) is 22.7. The fourth-order valence-corrected chi connectivity index (χ4v) is 3.36. The van der Waals surface area contributed by atoms with E-state index >= 15 is 0 Å². The van der Waals surface area contributed by atoms with Crippen LogP contribution in [-0.4, -0.2) is 24.5 Å². The highest BCUT2D eigenvalue weighted by molar-refractivity contribution is 5.87. The average molecular weight is 366 g/mol. The topological polar surface area (TPSA) is 55.4 Å². The molecule has 1 aliphatic rings. The average Bonchev–Trinajstić information content (AvgIpc) is 3.07. The van der Waals surface area contributed by atoms with Gasteiger partial charge in [-0.05, 0) is 32.6 Å². The molecule has 0 aliphatic carbocycles. The van der Waals surface area contributed by atoms with Gasteiger partial charge in [-0.15, -0.1) is 0 Å². The van der Waals surface area contributed by atoms with Crippen LogP contribution >= 0.6 is 0 Å². The Hall–Kier alpha value is -1.32. The maximum absolute atomic E-state index is 11.7. The second-order valence-corrected chi connectivity index (χ2v) is 7.43. The van der Waals surface area contributed by atoms with E-state index in [9.17, 15) is 9.59 Å². The maximum Gasteiger partial charge on any atom is 0.328 e. The molecule has 1 amide bonds. The fourth-order valence-electron chi connectivity index (χ4n) is 3.36. The SMILES string of the molecule is C/C=C/CCCCCCCCCCCCCCOC(=O)[C@@H]1CCC(=O)N1. The molecule has 1 rings (SSSR count). The van der Waals surface area contributed by atoms with Crippen LogP contribution in [0.1, 0.15) is 103 Å². The van der Waals surface area contributed by atoms with E-state index in [1.807, 2.05) is 0 Å². The lowest BCUT2D eigenvalue weighted by Gasteiger charge is -2.09. The number of nitrogens with one attached hydrogen (secondary N) is 1. The molecule has 1 atom stereocenters. The van der Waals surface area contributed by atoms with Crippen molar-refractivity contribution in [3.63, 3.8) is 0 Å². The first-order chi connectivity index (χ1) is 12.7. The van der Waals surface area contributed by atoms with E-state index in [-0.39, 0.29) is 11.9 Å². The lowest BCUT2D eigenvalue weighted by molar-refractivity contribution is -0.146. The number of allylic oxidation sites excluding steroid dienone is 2. The molecule has 150 valence electrons. The zero-order valence-corrected chi connectivity index (χ0v) is 16.8. The van der Waals surface area contributed by atoms with Gasteiger partial charge >= 0.3 is 5.97 Å². The molecule has 0 radical (unpaired) electrons. The van der Waals surface area contributed by atoms with Crippen molar-refractivity contribution in [1.82, 2.24) is 5.32 Å². The van der Waals surface area contributed by atoms with Crippen LogP contribution in [0.5, 0.6) is 0 Å². The normalized spacial score (nSPS) is 17.0. The molecule has 1 saturated heterocycles. The minimum absolute atomic E-state index is 0.0450. The van der Waals surface area contributed by atoms with Gasteiger partial charge in [0.15, 0.2) is 0 Å². The summed E-state index contributed by atoms with van der Waals surface area (Å²) < 4.78 is 5.23. The smallest absolute Gasteiger partial charge is 0.328 e. The molecule has 26 heavy (non-hydrogen) atoms. The number of carbonyl (C=O) groups is 2. The van der Waals surface area contributed by atoms with E-state index in [1.54, 1.807) is 0 Å². The van der Waals surface area contributed by atoms with E-state index in [2.05, 4.69) is 24.4 Å². The number of hydrogen-bond donors (Lipinski definition) is 1. The van der Waals surface area contributed by atoms with Gasteiger partial charge < -0.3 is 10.1 Å². The van der Waals surface area contributed by atoms with Crippen molar-refractivity contribution in [2.75, 3.05) is 6.61 Å². The number of amides is 1. The summed E-state index contributed by atoms with van der Waals surface area (Å²) in [4.78, 5) is 22.8. The Labute approximate surface area is 160 Å². The van der Waals surface area contributed by atoms with Crippen molar-refractivity contribution in [3.05, 3.63) is 12.2 Å². The monoisotopic (exact) mass is 365 g/mol. The minimum atomic E-state index is -0.407. The van der Waals surface area contributed by atoms with Gasteiger partial charge in [0.1, 0.15) is 6.04 Å². The van der Waals surface area contributed by atoms with Crippen molar-refractivity contribution in [2.24, 2.45) is 0 Å². The van der Waals surface area contributed by atoms with Crippen LogP contribution in [-0.2, 0) is 14.3 Å². The molecule has 0 aromatic heterocycles. The van der Waals surface area contributed by atoms with Gasteiger partial charge in [0, 0.05) is 6.42 Å². The maximum atomic E-state index is 11.7. The number of unbranched alkanes of at least 4 members (excludes halogenated alkanes) is 12. The number of carbonyl (C=O) groups excluding carboxylic acids is 2. The number of ether oxygens (including phenoxy) is 1. The van der Waals surface area contributed by atoms with Gasteiger partial charge in [0.2, 0.25) is 5.91 Å². The van der Waals surface area contributed by atoms with E-state index in [1.165, 1.54) is 70.6 Å². The third-order valence-electron chi connectivity index (χ3n) is 5.02. The molecule has 4 nitrogen and oxygen atoms in total. The van der Waals surface area contributed by atoms with Crippen molar-refractivity contribution in [2.45, 2.75) is 109 Å². The number of rotatable bonds is 16. The van der Waals surface area contributed by atoms with Crippen LogP contribution in [0.4, 0.5) is 0 Å². The molecule has 4 heteroatoms. The molecule has 1 heterocycles. The highest BCUT2D eigenvalue weighted by Crippen LogP contribution is 2.13. The molecule has 1 aliphatic heterocycles. The van der Waals surface area contributed by atoms with Crippen molar-refractivity contribution >= 4 is 11.9 Å².